The first-order valence-electron chi connectivity index (χ1n) is 7.84. The van der Waals surface area contributed by atoms with E-state index in [2.05, 4.69) is 72.6 Å². The van der Waals surface area contributed by atoms with Crippen LogP contribution in [0.3, 0.4) is 0 Å². The third-order valence-corrected chi connectivity index (χ3v) is 4.77. The lowest BCUT2D eigenvalue weighted by molar-refractivity contribution is 0.380. The van der Waals surface area contributed by atoms with Gasteiger partial charge in [-0.25, -0.2) is 0 Å². The van der Waals surface area contributed by atoms with E-state index in [4.69, 9.17) is 4.74 Å². The minimum absolute atomic E-state index is 0.192. The minimum atomic E-state index is 0.192. The standard InChI is InChI=1S/C21H15NO/c1-22(14-7-3-2-4-8-14)15-11-12-17-16-9-5-6-10-18(16)20-21(23-20)19(17)13-15/h2-4,6-8,10-13,20-21H,1H3. The molecule has 0 N–H and O–H groups in total. The Kier molecular flexibility index (Phi) is 2.56. The highest BCUT2D eigenvalue weighted by molar-refractivity contribution is 5.78. The average molecular weight is 297 g/mol. The normalized spacial score (nSPS) is 19.9. The molecule has 1 saturated heterocycles. The third-order valence-electron chi connectivity index (χ3n) is 4.77. The molecule has 2 unspecified atom stereocenters. The van der Waals surface area contributed by atoms with Crippen LogP contribution in [0.1, 0.15) is 23.3 Å². The van der Waals surface area contributed by atoms with E-state index in [1.54, 1.807) is 0 Å². The van der Waals surface area contributed by atoms with E-state index < -0.39 is 0 Å². The Hall–Kier alpha value is -2.76. The van der Waals surface area contributed by atoms with Gasteiger partial charge in [0.15, 0.2) is 0 Å². The molecule has 1 aliphatic heterocycles. The first-order valence-corrected chi connectivity index (χ1v) is 7.84. The smallest absolute Gasteiger partial charge is 0.115 e. The second kappa shape index (κ2) is 4.62. The van der Waals surface area contributed by atoms with Gasteiger partial charge in [-0.15, -0.1) is 0 Å². The molecule has 2 aliphatic rings. The molecule has 5 rings (SSSR count). The molecule has 0 bridgehead atoms. The van der Waals surface area contributed by atoms with Gasteiger partial charge in [0.2, 0.25) is 0 Å². The van der Waals surface area contributed by atoms with Crippen LogP contribution < -0.4 is 4.90 Å². The number of epoxide rings is 1. The summed E-state index contributed by atoms with van der Waals surface area (Å²) in [4.78, 5) is 2.20. The van der Waals surface area contributed by atoms with Gasteiger partial charge in [0.1, 0.15) is 12.2 Å². The lowest BCUT2D eigenvalue weighted by Crippen LogP contribution is -2.10. The summed E-state index contributed by atoms with van der Waals surface area (Å²) >= 11 is 0. The fourth-order valence-electron chi connectivity index (χ4n) is 3.47. The van der Waals surface area contributed by atoms with Gasteiger partial charge in [-0.1, -0.05) is 36.4 Å². The van der Waals surface area contributed by atoms with E-state index in [1.807, 2.05) is 12.1 Å². The maximum Gasteiger partial charge on any atom is 0.115 e. The molecule has 110 valence electrons. The Morgan fingerprint density at radius 1 is 0.913 bits per heavy atom. The summed E-state index contributed by atoms with van der Waals surface area (Å²) in [6.45, 7) is 0. The summed E-state index contributed by atoms with van der Waals surface area (Å²) in [7, 11) is 2.10. The van der Waals surface area contributed by atoms with E-state index in [-0.39, 0.29) is 12.2 Å². The minimum Gasteiger partial charge on any atom is -0.359 e. The van der Waals surface area contributed by atoms with Crippen molar-refractivity contribution < 1.29 is 4.74 Å². The predicted molar refractivity (Wildman–Crippen MR) is 90.6 cm³/mol. The van der Waals surface area contributed by atoms with E-state index in [0.717, 1.165) is 5.56 Å². The molecular weight excluding hydrogens is 282 g/mol. The van der Waals surface area contributed by atoms with Crippen molar-refractivity contribution in [3.05, 3.63) is 83.9 Å². The zero-order chi connectivity index (χ0) is 15.4. The van der Waals surface area contributed by atoms with Crippen LogP contribution in [-0.2, 0) is 4.74 Å². The van der Waals surface area contributed by atoms with Gasteiger partial charge >= 0.3 is 0 Å². The number of ether oxygens (including phenoxy) is 1. The van der Waals surface area contributed by atoms with Gasteiger partial charge in [0, 0.05) is 29.5 Å². The second-order valence-electron chi connectivity index (χ2n) is 6.08. The van der Waals surface area contributed by atoms with E-state index in [0.29, 0.717) is 0 Å². The van der Waals surface area contributed by atoms with Crippen molar-refractivity contribution in [1.29, 1.82) is 0 Å². The number of rotatable bonds is 2. The molecule has 2 nitrogen and oxygen atoms in total. The lowest BCUT2D eigenvalue weighted by Gasteiger charge is -2.22. The Morgan fingerprint density at radius 3 is 2.61 bits per heavy atom. The van der Waals surface area contributed by atoms with Gasteiger partial charge in [-0.05, 0) is 47.5 Å². The maximum absolute atomic E-state index is 5.92. The van der Waals surface area contributed by atoms with Crippen LogP contribution in [0.5, 0.6) is 0 Å². The fraction of sp³-hybridized carbons (Fsp3) is 0.143. The zero-order valence-electron chi connectivity index (χ0n) is 12.8. The molecule has 3 aromatic carbocycles. The van der Waals surface area contributed by atoms with Gasteiger partial charge in [-0.3, -0.25) is 0 Å². The Labute approximate surface area is 136 Å². The number of benzene rings is 2. The summed E-state index contributed by atoms with van der Waals surface area (Å²) in [6.07, 6.45) is 0.387. The number of nitrogens with zero attached hydrogens (tertiary/aromatic N) is 1. The molecule has 1 heterocycles. The van der Waals surface area contributed by atoms with Crippen LogP contribution in [0.25, 0.3) is 11.1 Å². The van der Waals surface area contributed by atoms with E-state index in [9.17, 15) is 0 Å². The largest absolute Gasteiger partial charge is 0.359 e. The van der Waals surface area contributed by atoms with Crippen LogP contribution in [0, 0.1) is 12.1 Å². The Morgan fingerprint density at radius 2 is 1.74 bits per heavy atom. The van der Waals surface area contributed by atoms with Crippen LogP contribution in [0.2, 0.25) is 0 Å². The molecule has 0 spiro atoms. The van der Waals surface area contributed by atoms with Crippen LogP contribution in [-0.4, -0.2) is 7.05 Å². The molecule has 2 heteroatoms. The number of para-hydroxylation sites is 1. The highest BCUT2D eigenvalue weighted by Crippen LogP contribution is 2.59. The highest BCUT2D eigenvalue weighted by atomic mass is 16.6. The molecule has 0 radical (unpaired) electrons. The number of hydrogen-bond donors (Lipinski definition) is 0. The monoisotopic (exact) mass is 297 g/mol. The predicted octanol–water partition coefficient (Wildman–Crippen LogP) is 4.85. The number of hydrogen-bond acceptors (Lipinski definition) is 2. The maximum atomic E-state index is 5.92. The number of fused-ring (bicyclic) bond motifs is 6. The summed E-state index contributed by atoms with van der Waals surface area (Å²) < 4.78 is 5.92. The Balaban J connectivity index is 1.61. The van der Waals surface area contributed by atoms with Crippen molar-refractivity contribution in [3.8, 4) is 11.1 Å². The summed E-state index contributed by atoms with van der Waals surface area (Å²) in [6, 6.07) is 27.3. The van der Waals surface area contributed by atoms with Gasteiger partial charge in [0.25, 0.3) is 0 Å². The van der Waals surface area contributed by atoms with Crippen molar-refractivity contribution in [2.45, 2.75) is 12.2 Å². The van der Waals surface area contributed by atoms with Crippen molar-refractivity contribution in [1.82, 2.24) is 0 Å². The van der Waals surface area contributed by atoms with E-state index in [1.165, 1.54) is 28.1 Å². The molecule has 1 fully saturated rings. The molecule has 0 aromatic heterocycles. The molecule has 23 heavy (non-hydrogen) atoms. The molecule has 0 saturated carbocycles. The molecule has 0 amide bonds. The van der Waals surface area contributed by atoms with Crippen molar-refractivity contribution in [2.24, 2.45) is 0 Å². The van der Waals surface area contributed by atoms with Crippen molar-refractivity contribution >= 4 is 11.4 Å². The zero-order valence-corrected chi connectivity index (χ0v) is 12.8. The SMILES string of the molecule is CN(c1ccccc1)c1ccc2c(c1)C1OC1c1ccc#cc1-2. The van der Waals surface area contributed by atoms with Crippen molar-refractivity contribution in [3.63, 3.8) is 0 Å². The second-order valence-corrected chi connectivity index (χ2v) is 6.08. The van der Waals surface area contributed by atoms with Gasteiger partial charge < -0.3 is 9.64 Å². The molecule has 2 atom stereocenters. The molecular formula is C21H15NO. The first kappa shape index (κ1) is 12.8. The average Bonchev–Trinajstić information content (AvgIpc) is 3.43. The third kappa shape index (κ3) is 1.87. The van der Waals surface area contributed by atoms with Crippen LogP contribution in [0.4, 0.5) is 11.4 Å². The van der Waals surface area contributed by atoms with Gasteiger partial charge in [-0.2, -0.15) is 0 Å². The van der Waals surface area contributed by atoms with Crippen LogP contribution >= 0.6 is 0 Å². The van der Waals surface area contributed by atoms with E-state index >= 15 is 0 Å². The fourth-order valence-corrected chi connectivity index (χ4v) is 3.47. The molecule has 1 aliphatic carbocycles. The summed E-state index contributed by atoms with van der Waals surface area (Å²) in [5.74, 6) is 0. The topological polar surface area (TPSA) is 15.8 Å². The lowest BCUT2D eigenvalue weighted by atomic mass is 9.86. The first-order chi connectivity index (χ1) is 11.3. The summed E-state index contributed by atoms with van der Waals surface area (Å²) in [5.41, 5.74) is 7.21. The van der Waals surface area contributed by atoms with Crippen LogP contribution in [0.15, 0.2) is 60.7 Å². The quantitative estimate of drug-likeness (QED) is 0.629. The highest BCUT2D eigenvalue weighted by Gasteiger charge is 2.47. The summed E-state index contributed by atoms with van der Waals surface area (Å²) in [5, 5.41) is 0. The van der Waals surface area contributed by atoms with Crippen molar-refractivity contribution in [2.75, 3.05) is 11.9 Å². The van der Waals surface area contributed by atoms with Gasteiger partial charge in [0.05, 0.1) is 0 Å². The molecule has 3 aromatic rings. The number of anilines is 2. The Bertz CT molecular complexity index is 887.